The van der Waals surface area contributed by atoms with Crippen LogP contribution in [0.3, 0.4) is 0 Å². The zero-order chi connectivity index (χ0) is 14.4. The molecule has 1 aliphatic heterocycles. The molecule has 0 saturated carbocycles. The van der Waals surface area contributed by atoms with Crippen molar-refractivity contribution < 1.29 is 4.79 Å². The molecule has 0 aromatic carbocycles. The fraction of sp³-hybridized carbons (Fsp3) is 0.600. The lowest BCUT2D eigenvalue weighted by molar-refractivity contribution is -0.119. The third-order valence-electron chi connectivity index (χ3n) is 3.74. The SMILES string of the molecule is CC(CCN)C(=O)Nc1ccc(N2CCCCC2)nc1. The van der Waals surface area contributed by atoms with Crippen LogP contribution in [0, 0.1) is 5.92 Å². The Labute approximate surface area is 120 Å². The largest absolute Gasteiger partial charge is 0.357 e. The summed E-state index contributed by atoms with van der Waals surface area (Å²) in [4.78, 5) is 18.6. The Hall–Kier alpha value is -1.62. The summed E-state index contributed by atoms with van der Waals surface area (Å²) >= 11 is 0. The van der Waals surface area contributed by atoms with E-state index in [1.165, 1.54) is 19.3 Å². The maximum Gasteiger partial charge on any atom is 0.227 e. The molecular formula is C15H24N4O. The fourth-order valence-corrected chi connectivity index (χ4v) is 2.42. The molecule has 110 valence electrons. The Morgan fingerprint density at radius 2 is 2.15 bits per heavy atom. The molecule has 20 heavy (non-hydrogen) atoms. The molecule has 0 spiro atoms. The van der Waals surface area contributed by atoms with Crippen LogP contribution in [-0.4, -0.2) is 30.5 Å². The van der Waals surface area contributed by atoms with Gasteiger partial charge in [-0.05, 0) is 44.4 Å². The van der Waals surface area contributed by atoms with Crippen LogP contribution < -0.4 is 16.0 Å². The van der Waals surface area contributed by atoms with Crippen LogP contribution in [0.4, 0.5) is 11.5 Å². The van der Waals surface area contributed by atoms with Gasteiger partial charge in [0.15, 0.2) is 0 Å². The lowest BCUT2D eigenvalue weighted by atomic mass is 10.1. The molecule has 1 aliphatic rings. The first-order valence-electron chi connectivity index (χ1n) is 7.42. The van der Waals surface area contributed by atoms with E-state index in [1.54, 1.807) is 6.20 Å². The first kappa shape index (κ1) is 14.8. The maximum absolute atomic E-state index is 11.9. The molecule has 3 N–H and O–H groups in total. The number of rotatable bonds is 5. The van der Waals surface area contributed by atoms with Gasteiger partial charge < -0.3 is 16.0 Å². The van der Waals surface area contributed by atoms with Crippen molar-refractivity contribution in [2.45, 2.75) is 32.6 Å². The van der Waals surface area contributed by atoms with E-state index < -0.39 is 0 Å². The summed E-state index contributed by atoms with van der Waals surface area (Å²) in [6.07, 6.45) is 6.21. The number of hydrogen-bond acceptors (Lipinski definition) is 4. The number of carbonyl (C=O) groups is 1. The summed E-state index contributed by atoms with van der Waals surface area (Å²) in [6, 6.07) is 3.90. The van der Waals surface area contributed by atoms with Gasteiger partial charge in [0.05, 0.1) is 11.9 Å². The van der Waals surface area contributed by atoms with Gasteiger partial charge in [-0.25, -0.2) is 4.98 Å². The molecule has 0 radical (unpaired) electrons. The molecule has 1 aromatic heterocycles. The van der Waals surface area contributed by atoms with Crippen LogP contribution >= 0.6 is 0 Å². The average molecular weight is 276 g/mol. The Morgan fingerprint density at radius 1 is 1.40 bits per heavy atom. The molecule has 1 saturated heterocycles. The Morgan fingerprint density at radius 3 is 2.75 bits per heavy atom. The molecule has 1 aromatic rings. The fourth-order valence-electron chi connectivity index (χ4n) is 2.42. The molecule has 0 bridgehead atoms. The first-order valence-corrected chi connectivity index (χ1v) is 7.42. The molecule has 1 fully saturated rings. The van der Waals surface area contributed by atoms with Gasteiger partial charge in [0, 0.05) is 19.0 Å². The second-order valence-corrected chi connectivity index (χ2v) is 5.42. The normalized spacial score (nSPS) is 16.8. The minimum Gasteiger partial charge on any atom is -0.357 e. The van der Waals surface area contributed by atoms with E-state index in [4.69, 9.17) is 5.73 Å². The van der Waals surface area contributed by atoms with Crippen LogP contribution in [-0.2, 0) is 4.79 Å². The smallest absolute Gasteiger partial charge is 0.227 e. The number of piperidine rings is 1. The number of nitrogens with zero attached hydrogens (tertiary/aromatic N) is 2. The lowest BCUT2D eigenvalue weighted by Gasteiger charge is -2.27. The first-order chi connectivity index (χ1) is 9.70. The number of amides is 1. The van der Waals surface area contributed by atoms with Crippen molar-refractivity contribution in [1.29, 1.82) is 0 Å². The highest BCUT2D eigenvalue weighted by Crippen LogP contribution is 2.19. The zero-order valence-electron chi connectivity index (χ0n) is 12.1. The van der Waals surface area contributed by atoms with Crippen LogP contribution in [0.15, 0.2) is 18.3 Å². The Bertz CT molecular complexity index is 426. The molecule has 2 rings (SSSR count). The van der Waals surface area contributed by atoms with Crippen LogP contribution in [0.25, 0.3) is 0 Å². The van der Waals surface area contributed by atoms with Crippen molar-refractivity contribution in [3.05, 3.63) is 18.3 Å². The molecular weight excluding hydrogens is 252 g/mol. The van der Waals surface area contributed by atoms with Crippen LogP contribution in [0.2, 0.25) is 0 Å². The Kier molecular flexibility index (Phi) is 5.35. The maximum atomic E-state index is 11.9. The van der Waals surface area contributed by atoms with E-state index in [1.807, 2.05) is 19.1 Å². The van der Waals surface area contributed by atoms with Gasteiger partial charge in [-0.3, -0.25) is 4.79 Å². The van der Waals surface area contributed by atoms with Gasteiger partial charge in [-0.2, -0.15) is 0 Å². The highest BCUT2D eigenvalue weighted by molar-refractivity contribution is 5.92. The zero-order valence-corrected chi connectivity index (χ0v) is 12.1. The van der Waals surface area contributed by atoms with Gasteiger partial charge in [0.1, 0.15) is 5.82 Å². The van der Waals surface area contributed by atoms with Gasteiger partial charge >= 0.3 is 0 Å². The van der Waals surface area contributed by atoms with E-state index in [0.717, 1.165) is 24.6 Å². The standard InChI is InChI=1S/C15H24N4O/c1-12(7-8-16)15(20)18-13-5-6-14(17-11-13)19-9-3-2-4-10-19/h5-6,11-12H,2-4,7-10,16H2,1H3,(H,18,20). The average Bonchev–Trinajstić information content (AvgIpc) is 2.49. The van der Waals surface area contributed by atoms with Crippen molar-refractivity contribution in [1.82, 2.24) is 4.98 Å². The van der Waals surface area contributed by atoms with Gasteiger partial charge in [0.25, 0.3) is 0 Å². The van der Waals surface area contributed by atoms with E-state index in [0.29, 0.717) is 13.0 Å². The van der Waals surface area contributed by atoms with Gasteiger partial charge in [0.2, 0.25) is 5.91 Å². The van der Waals surface area contributed by atoms with Crippen molar-refractivity contribution in [2.75, 3.05) is 29.9 Å². The van der Waals surface area contributed by atoms with Crippen LogP contribution in [0.1, 0.15) is 32.6 Å². The van der Waals surface area contributed by atoms with Crippen molar-refractivity contribution in [2.24, 2.45) is 11.7 Å². The second-order valence-electron chi connectivity index (χ2n) is 5.42. The number of hydrogen-bond donors (Lipinski definition) is 2. The lowest BCUT2D eigenvalue weighted by Crippen LogP contribution is -2.30. The van der Waals surface area contributed by atoms with Crippen molar-refractivity contribution in [3.63, 3.8) is 0 Å². The van der Waals surface area contributed by atoms with Crippen LogP contribution in [0.5, 0.6) is 0 Å². The number of anilines is 2. The number of nitrogens with one attached hydrogen (secondary N) is 1. The number of pyridine rings is 1. The number of carbonyl (C=O) groups excluding carboxylic acids is 1. The second kappa shape index (κ2) is 7.24. The minimum atomic E-state index is -0.0678. The predicted octanol–water partition coefficient (Wildman–Crippen LogP) is 2.00. The summed E-state index contributed by atoms with van der Waals surface area (Å²) in [6.45, 7) is 4.57. The summed E-state index contributed by atoms with van der Waals surface area (Å²) in [7, 11) is 0. The topological polar surface area (TPSA) is 71.2 Å². The van der Waals surface area contributed by atoms with E-state index in [9.17, 15) is 4.79 Å². The molecule has 5 heteroatoms. The monoisotopic (exact) mass is 276 g/mol. The molecule has 1 unspecified atom stereocenters. The number of nitrogens with two attached hydrogens (primary N) is 1. The molecule has 1 amide bonds. The van der Waals surface area contributed by atoms with Gasteiger partial charge in [-0.1, -0.05) is 6.92 Å². The summed E-state index contributed by atoms with van der Waals surface area (Å²) in [5.74, 6) is 0.933. The molecule has 0 aliphatic carbocycles. The van der Waals surface area contributed by atoms with Crippen molar-refractivity contribution in [3.8, 4) is 0 Å². The molecule has 2 heterocycles. The van der Waals surface area contributed by atoms with E-state index >= 15 is 0 Å². The summed E-state index contributed by atoms with van der Waals surface area (Å²) in [5.41, 5.74) is 6.21. The summed E-state index contributed by atoms with van der Waals surface area (Å²) in [5, 5.41) is 2.88. The van der Waals surface area contributed by atoms with Gasteiger partial charge in [-0.15, -0.1) is 0 Å². The van der Waals surface area contributed by atoms with E-state index in [2.05, 4.69) is 15.2 Å². The third-order valence-corrected chi connectivity index (χ3v) is 3.74. The third kappa shape index (κ3) is 3.93. The summed E-state index contributed by atoms with van der Waals surface area (Å²) < 4.78 is 0. The molecule has 1 atom stereocenters. The Balaban J connectivity index is 1.92. The minimum absolute atomic E-state index is 0.00275. The highest BCUT2D eigenvalue weighted by Gasteiger charge is 2.14. The highest BCUT2D eigenvalue weighted by atomic mass is 16.1. The van der Waals surface area contributed by atoms with Crippen molar-refractivity contribution >= 4 is 17.4 Å². The quantitative estimate of drug-likeness (QED) is 0.863. The predicted molar refractivity (Wildman–Crippen MR) is 81.8 cm³/mol. The molecule has 5 nitrogen and oxygen atoms in total. The van der Waals surface area contributed by atoms with E-state index in [-0.39, 0.29) is 11.8 Å². The number of aromatic nitrogens is 1.